The molecule has 0 amide bonds. The molecule has 0 heterocycles. The minimum Gasteiger partial charge on any atom is -0.258 e. The van der Waals surface area contributed by atoms with Gasteiger partial charge >= 0.3 is 0 Å². The fourth-order valence-electron chi connectivity index (χ4n) is 1.76. The molecule has 0 aromatic heterocycles. The molecular weight excluding hydrogens is 272 g/mol. The zero-order valence-corrected chi connectivity index (χ0v) is 11.9. The van der Waals surface area contributed by atoms with Gasteiger partial charge in [-0.05, 0) is 43.2 Å². The number of nitro groups is 1. The molecule has 5 heteroatoms. The summed E-state index contributed by atoms with van der Waals surface area (Å²) in [6, 6.07) is 12.6. The van der Waals surface area contributed by atoms with Crippen LogP contribution in [0.2, 0.25) is 0 Å². The summed E-state index contributed by atoms with van der Waals surface area (Å²) >= 11 is 1.47. The van der Waals surface area contributed by atoms with Gasteiger partial charge in [-0.1, -0.05) is 23.9 Å². The van der Waals surface area contributed by atoms with Gasteiger partial charge in [-0.15, -0.1) is 0 Å². The monoisotopic (exact) mass is 284 g/mol. The number of aryl methyl sites for hydroxylation is 2. The van der Waals surface area contributed by atoms with Crippen molar-refractivity contribution in [3.63, 3.8) is 0 Å². The Kier molecular flexibility index (Phi) is 4.06. The van der Waals surface area contributed by atoms with E-state index in [4.69, 9.17) is 5.26 Å². The van der Waals surface area contributed by atoms with Gasteiger partial charge in [0, 0.05) is 15.9 Å². The van der Waals surface area contributed by atoms with Crippen LogP contribution in [0.1, 0.15) is 16.7 Å². The Morgan fingerprint density at radius 1 is 1.20 bits per heavy atom. The van der Waals surface area contributed by atoms with Gasteiger partial charge in [0.2, 0.25) is 0 Å². The fraction of sp³-hybridized carbons (Fsp3) is 0.133. The summed E-state index contributed by atoms with van der Waals surface area (Å²) in [5.74, 6) is 0. The van der Waals surface area contributed by atoms with Crippen LogP contribution in [0, 0.1) is 35.3 Å². The summed E-state index contributed by atoms with van der Waals surface area (Å²) in [6.45, 7) is 4.00. The van der Waals surface area contributed by atoms with Gasteiger partial charge in [0.15, 0.2) is 0 Å². The Hall–Kier alpha value is -2.32. The van der Waals surface area contributed by atoms with Crippen LogP contribution in [0.5, 0.6) is 0 Å². The van der Waals surface area contributed by atoms with Crippen LogP contribution in [-0.2, 0) is 0 Å². The highest BCUT2D eigenvalue weighted by molar-refractivity contribution is 7.99. The molecule has 0 aliphatic rings. The van der Waals surface area contributed by atoms with Gasteiger partial charge in [0.25, 0.3) is 5.69 Å². The molecule has 0 unspecified atom stereocenters. The van der Waals surface area contributed by atoms with E-state index in [9.17, 15) is 10.1 Å². The molecule has 4 nitrogen and oxygen atoms in total. The molecule has 0 saturated carbocycles. The van der Waals surface area contributed by atoms with E-state index in [1.165, 1.54) is 23.9 Å². The van der Waals surface area contributed by atoms with Crippen LogP contribution in [-0.4, -0.2) is 4.92 Å². The standard InChI is InChI=1S/C15H12N2O2S/c1-10-3-4-11(2)15(7-10)20-13-6-5-12(9-16)14(8-13)17(18)19/h3-8H,1-2H3. The molecule has 0 spiro atoms. The van der Waals surface area contributed by atoms with Crippen LogP contribution in [0.4, 0.5) is 5.69 Å². The molecule has 0 aliphatic carbocycles. The predicted molar refractivity (Wildman–Crippen MR) is 77.9 cm³/mol. The summed E-state index contributed by atoms with van der Waals surface area (Å²) in [5.41, 5.74) is 2.19. The number of hydrogen-bond acceptors (Lipinski definition) is 4. The third-order valence-corrected chi connectivity index (χ3v) is 4.01. The predicted octanol–water partition coefficient (Wildman–Crippen LogP) is 4.23. The molecule has 0 saturated heterocycles. The average Bonchev–Trinajstić information content (AvgIpc) is 2.42. The zero-order valence-electron chi connectivity index (χ0n) is 11.1. The molecule has 2 aromatic rings. The van der Waals surface area contributed by atoms with E-state index in [0.717, 1.165) is 20.9 Å². The topological polar surface area (TPSA) is 66.9 Å². The van der Waals surface area contributed by atoms with Crippen LogP contribution < -0.4 is 0 Å². The maximum Gasteiger partial charge on any atom is 0.288 e. The van der Waals surface area contributed by atoms with Gasteiger partial charge in [0.05, 0.1) is 4.92 Å². The van der Waals surface area contributed by atoms with Crippen molar-refractivity contribution < 1.29 is 4.92 Å². The highest BCUT2D eigenvalue weighted by atomic mass is 32.2. The second-order valence-corrected chi connectivity index (χ2v) is 5.53. The van der Waals surface area contributed by atoms with Crippen LogP contribution in [0.3, 0.4) is 0 Å². The Morgan fingerprint density at radius 3 is 2.60 bits per heavy atom. The average molecular weight is 284 g/mol. The van der Waals surface area contributed by atoms with Crippen LogP contribution in [0.25, 0.3) is 0 Å². The van der Waals surface area contributed by atoms with E-state index in [1.54, 1.807) is 6.07 Å². The summed E-state index contributed by atoms with van der Waals surface area (Å²) in [6.07, 6.45) is 0. The summed E-state index contributed by atoms with van der Waals surface area (Å²) in [4.78, 5) is 12.2. The van der Waals surface area contributed by atoms with E-state index in [1.807, 2.05) is 38.1 Å². The van der Waals surface area contributed by atoms with Gasteiger partial charge < -0.3 is 0 Å². The molecule has 0 atom stereocenters. The third-order valence-electron chi connectivity index (χ3n) is 2.86. The Labute approximate surface area is 121 Å². The van der Waals surface area contributed by atoms with Gasteiger partial charge in [-0.25, -0.2) is 0 Å². The molecule has 0 N–H and O–H groups in total. The fourth-order valence-corrected chi connectivity index (χ4v) is 2.80. The third kappa shape index (κ3) is 2.98. The first-order valence-corrected chi connectivity index (χ1v) is 6.76. The minimum atomic E-state index is -0.522. The lowest BCUT2D eigenvalue weighted by molar-refractivity contribution is -0.385. The molecule has 2 rings (SSSR count). The maximum absolute atomic E-state index is 11.0. The lowest BCUT2D eigenvalue weighted by Gasteiger charge is -2.07. The van der Waals surface area contributed by atoms with E-state index in [-0.39, 0.29) is 11.3 Å². The van der Waals surface area contributed by atoms with Gasteiger partial charge in [0.1, 0.15) is 11.6 Å². The molecule has 0 fully saturated rings. The van der Waals surface area contributed by atoms with Crippen molar-refractivity contribution >= 4 is 17.4 Å². The molecule has 2 aromatic carbocycles. The van der Waals surface area contributed by atoms with E-state index in [2.05, 4.69) is 0 Å². The van der Waals surface area contributed by atoms with Crippen molar-refractivity contribution in [1.82, 2.24) is 0 Å². The molecule has 0 bridgehead atoms. The first kappa shape index (κ1) is 14.1. The van der Waals surface area contributed by atoms with E-state index in [0.29, 0.717) is 0 Å². The number of benzene rings is 2. The smallest absolute Gasteiger partial charge is 0.258 e. The zero-order chi connectivity index (χ0) is 14.7. The van der Waals surface area contributed by atoms with Crippen LogP contribution >= 0.6 is 11.8 Å². The van der Waals surface area contributed by atoms with Crippen molar-refractivity contribution in [3.05, 3.63) is 63.2 Å². The number of rotatable bonds is 3. The van der Waals surface area contributed by atoms with Gasteiger partial charge in [-0.3, -0.25) is 10.1 Å². The number of nitro benzene ring substituents is 1. The van der Waals surface area contributed by atoms with Crippen LogP contribution in [0.15, 0.2) is 46.2 Å². The SMILES string of the molecule is Cc1ccc(C)c(Sc2ccc(C#N)c([N+](=O)[O-])c2)c1. The first-order chi connectivity index (χ1) is 9.51. The first-order valence-electron chi connectivity index (χ1n) is 5.95. The quantitative estimate of drug-likeness (QED) is 0.624. The Bertz CT molecular complexity index is 720. The minimum absolute atomic E-state index is 0.0836. The lowest BCUT2D eigenvalue weighted by Crippen LogP contribution is -1.92. The highest BCUT2D eigenvalue weighted by Gasteiger charge is 2.15. The molecular formula is C15H12N2O2S. The Morgan fingerprint density at radius 2 is 1.95 bits per heavy atom. The van der Waals surface area contributed by atoms with E-state index < -0.39 is 4.92 Å². The normalized spacial score (nSPS) is 10.1. The number of nitriles is 1. The lowest BCUT2D eigenvalue weighted by atomic mass is 10.2. The summed E-state index contributed by atoms with van der Waals surface area (Å²) in [5, 5.41) is 19.8. The number of hydrogen-bond donors (Lipinski definition) is 0. The van der Waals surface area contributed by atoms with Crippen molar-refractivity contribution in [2.75, 3.05) is 0 Å². The molecule has 100 valence electrons. The molecule has 0 aliphatic heterocycles. The van der Waals surface area contributed by atoms with Crippen molar-refractivity contribution in [3.8, 4) is 6.07 Å². The highest BCUT2D eigenvalue weighted by Crippen LogP contribution is 2.33. The number of nitrogens with zero attached hydrogens (tertiary/aromatic N) is 2. The summed E-state index contributed by atoms with van der Waals surface area (Å²) < 4.78 is 0. The largest absolute Gasteiger partial charge is 0.288 e. The van der Waals surface area contributed by atoms with E-state index >= 15 is 0 Å². The van der Waals surface area contributed by atoms with Crippen molar-refractivity contribution in [2.24, 2.45) is 0 Å². The van der Waals surface area contributed by atoms with Gasteiger partial charge in [-0.2, -0.15) is 5.26 Å². The Balaban J connectivity index is 2.40. The molecule has 20 heavy (non-hydrogen) atoms. The van der Waals surface area contributed by atoms with Crippen molar-refractivity contribution in [2.45, 2.75) is 23.6 Å². The second kappa shape index (κ2) is 5.76. The van der Waals surface area contributed by atoms with Crippen molar-refractivity contribution in [1.29, 1.82) is 5.26 Å². The second-order valence-electron chi connectivity index (χ2n) is 4.42. The summed E-state index contributed by atoms with van der Waals surface area (Å²) in [7, 11) is 0. The maximum atomic E-state index is 11.0. The molecule has 0 radical (unpaired) electrons.